The number of nitrogens with zero attached hydrogens (tertiary/aromatic N) is 1. The molecule has 3 fully saturated rings. The number of hydrogen-bond acceptors (Lipinski definition) is 3. The van der Waals surface area contributed by atoms with E-state index in [1.165, 1.54) is 12.8 Å². The summed E-state index contributed by atoms with van der Waals surface area (Å²) in [5, 5.41) is 3.56. The van der Waals surface area contributed by atoms with Crippen molar-refractivity contribution in [1.82, 2.24) is 10.2 Å². The van der Waals surface area contributed by atoms with Gasteiger partial charge in [-0.3, -0.25) is 0 Å². The van der Waals surface area contributed by atoms with Crippen LogP contribution in [0.5, 0.6) is 0 Å². The Hall–Kier alpha value is -0.770. The van der Waals surface area contributed by atoms with Crippen LogP contribution >= 0.6 is 0 Å². The zero-order valence-electron chi connectivity index (χ0n) is 12.4. The molecular weight excluding hydrogens is 240 g/mol. The van der Waals surface area contributed by atoms with Gasteiger partial charge in [-0.1, -0.05) is 0 Å². The Labute approximate surface area is 115 Å². The van der Waals surface area contributed by atoms with Gasteiger partial charge in [-0.2, -0.15) is 0 Å². The molecule has 108 valence electrons. The van der Waals surface area contributed by atoms with E-state index >= 15 is 0 Å². The highest BCUT2D eigenvalue weighted by Gasteiger charge is 2.53. The Balaban J connectivity index is 1.64. The quantitative estimate of drug-likeness (QED) is 0.791. The molecule has 3 aliphatic rings. The van der Waals surface area contributed by atoms with E-state index in [2.05, 4.69) is 5.32 Å². The predicted octanol–water partition coefficient (Wildman–Crippen LogP) is 2.24. The van der Waals surface area contributed by atoms with Crippen LogP contribution in [0.25, 0.3) is 0 Å². The third-order valence-electron chi connectivity index (χ3n) is 4.86. The molecule has 2 unspecified atom stereocenters. The van der Waals surface area contributed by atoms with Crippen molar-refractivity contribution in [3.05, 3.63) is 0 Å². The first kappa shape index (κ1) is 13.2. The van der Waals surface area contributed by atoms with Gasteiger partial charge in [0.15, 0.2) is 0 Å². The first-order valence-electron chi connectivity index (χ1n) is 7.58. The molecular formula is C15H26N2O2. The summed E-state index contributed by atoms with van der Waals surface area (Å²) < 4.78 is 5.50. The Morgan fingerprint density at radius 1 is 1.37 bits per heavy atom. The van der Waals surface area contributed by atoms with Gasteiger partial charge in [0.25, 0.3) is 0 Å². The van der Waals surface area contributed by atoms with E-state index in [0.717, 1.165) is 44.4 Å². The summed E-state index contributed by atoms with van der Waals surface area (Å²) in [6, 6.07) is 0. The molecule has 2 saturated heterocycles. The molecule has 1 aliphatic carbocycles. The lowest BCUT2D eigenvalue weighted by Gasteiger charge is -2.31. The molecule has 2 heterocycles. The minimum Gasteiger partial charge on any atom is -0.444 e. The van der Waals surface area contributed by atoms with Crippen LogP contribution in [0, 0.1) is 17.3 Å². The fourth-order valence-electron chi connectivity index (χ4n) is 3.81. The maximum Gasteiger partial charge on any atom is 0.410 e. The first-order valence-corrected chi connectivity index (χ1v) is 7.58. The molecule has 4 heteroatoms. The number of nitrogens with one attached hydrogen (secondary N) is 1. The standard InChI is InChI=1S/C15H26N2O2/c1-14(2,3)19-13(18)17-7-6-15(10-17)9-16-8-12(15)11-4-5-11/h11-12,16H,4-10H2,1-3H3. The summed E-state index contributed by atoms with van der Waals surface area (Å²) in [7, 11) is 0. The second-order valence-electron chi connectivity index (χ2n) is 7.59. The largest absolute Gasteiger partial charge is 0.444 e. The monoisotopic (exact) mass is 266 g/mol. The van der Waals surface area contributed by atoms with Gasteiger partial charge in [-0.05, 0) is 58.4 Å². The topological polar surface area (TPSA) is 41.6 Å². The SMILES string of the molecule is CC(C)(C)OC(=O)N1CCC2(CNCC2C2CC2)C1. The number of amides is 1. The maximum atomic E-state index is 12.2. The molecule has 1 N–H and O–H groups in total. The van der Waals surface area contributed by atoms with Crippen LogP contribution < -0.4 is 5.32 Å². The minimum atomic E-state index is -0.392. The van der Waals surface area contributed by atoms with Crippen molar-refractivity contribution in [2.75, 3.05) is 26.2 Å². The van der Waals surface area contributed by atoms with Gasteiger partial charge in [-0.25, -0.2) is 4.79 Å². The predicted molar refractivity (Wildman–Crippen MR) is 73.9 cm³/mol. The van der Waals surface area contributed by atoms with E-state index in [1.54, 1.807) is 0 Å². The van der Waals surface area contributed by atoms with E-state index in [9.17, 15) is 4.79 Å². The van der Waals surface area contributed by atoms with Crippen LogP contribution in [0.15, 0.2) is 0 Å². The van der Waals surface area contributed by atoms with Gasteiger partial charge in [-0.15, -0.1) is 0 Å². The summed E-state index contributed by atoms with van der Waals surface area (Å²) in [4.78, 5) is 14.1. The van der Waals surface area contributed by atoms with Crippen molar-refractivity contribution in [3.8, 4) is 0 Å². The summed E-state index contributed by atoms with van der Waals surface area (Å²) in [5.74, 6) is 1.69. The summed E-state index contributed by atoms with van der Waals surface area (Å²) in [5.41, 5.74) is -0.0608. The van der Waals surface area contributed by atoms with Gasteiger partial charge in [0.1, 0.15) is 5.60 Å². The molecule has 1 spiro atoms. The first-order chi connectivity index (χ1) is 8.90. The van der Waals surface area contributed by atoms with Crippen molar-refractivity contribution >= 4 is 6.09 Å². The maximum absolute atomic E-state index is 12.2. The van der Waals surface area contributed by atoms with Gasteiger partial charge in [0, 0.05) is 25.0 Å². The van der Waals surface area contributed by atoms with E-state index in [4.69, 9.17) is 4.74 Å². The Bertz CT molecular complexity index is 373. The lowest BCUT2D eigenvalue weighted by Crippen LogP contribution is -2.39. The molecule has 1 saturated carbocycles. The smallest absolute Gasteiger partial charge is 0.410 e. The van der Waals surface area contributed by atoms with Crippen molar-refractivity contribution in [1.29, 1.82) is 0 Å². The van der Waals surface area contributed by atoms with E-state index in [-0.39, 0.29) is 6.09 Å². The van der Waals surface area contributed by atoms with E-state index < -0.39 is 5.60 Å². The lowest BCUT2D eigenvalue weighted by molar-refractivity contribution is 0.0264. The van der Waals surface area contributed by atoms with Crippen LogP contribution in [0.1, 0.15) is 40.0 Å². The fourth-order valence-corrected chi connectivity index (χ4v) is 3.81. The highest BCUT2D eigenvalue weighted by atomic mass is 16.6. The molecule has 3 rings (SSSR count). The van der Waals surface area contributed by atoms with Crippen LogP contribution in [0.2, 0.25) is 0 Å². The number of carbonyl (C=O) groups is 1. The summed E-state index contributed by atoms with van der Waals surface area (Å²) >= 11 is 0. The van der Waals surface area contributed by atoms with Gasteiger partial charge < -0.3 is 15.0 Å². The third-order valence-corrected chi connectivity index (χ3v) is 4.86. The Morgan fingerprint density at radius 3 is 2.74 bits per heavy atom. The van der Waals surface area contributed by atoms with E-state index in [1.807, 2.05) is 25.7 Å². The number of ether oxygens (including phenoxy) is 1. The van der Waals surface area contributed by atoms with Gasteiger partial charge >= 0.3 is 6.09 Å². The number of likely N-dealkylation sites (tertiary alicyclic amines) is 1. The van der Waals surface area contributed by atoms with Crippen molar-refractivity contribution in [3.63, 3.8) is 0 Å². The second-order valence-corrected chi connectivity index (χ2v) is 7.59. The molecule has 4 nitrogen and oxygen atoms in total. The molecule has 1 amide bonds. The van der Waals surface area contributed by atoms with Gasteiger partial charge in [0.05, 0.1) is 0 Å². The summed E-state index contributed by atoms with van der Waals surface area (Å²) in [6.45, 7) is 9.76. The number of rotatable bonds is 1. The Morgan fingerprint density at radius 2 is 2.11 bits per heavy atom. The molecule has 0 aromatic carbocycles. The normalized spacial score (nSPS) is 35.1. The van der Waals surface area contributed by atoms with E-state index in [0.29, 0.717) is 5.41 Å². The zero-order valence-corrected chi connectivity index (χ0v) is 12.4. The van der Waals surface area contributed by atoms with Crippen molar-refractivity contribution in [2.24, 2.45) is 17.3 Å². The third kappa shape index (κ3) is 2.60. The molecule has 2 atom stereocenters. The number of hydrogen-bond donors (Lipinski definition) is 1. The van der Waals surface area contributed by atoms with Gasteiger partial charge in [0.2, 0.25) is 0 Å². The number of carbonyl (C=O) groups excluding carboxylic acids is 1. The molecule has 2 aliphatic heterocycles. The molecule has 19 heavy (non-hydrogen) atoms. The highest BCUT2D eigenvalue weighted by molar-refractivity contribution is 5.68. The highest BCUT2D eigenvalue weighted by Crippen LogP contribution is 2.51. The second kappa shape index (κ2) is 4.37. The average Bonchev–Trinajstić information content (AvgIpc) is 2.92. The summed E-state index contributed by atoms with van der Waals surface area (Å²) in [6.07, 6.45) is 3.78. The van der Waals surface area contributed by atoms with Crippen molar-refractivity contribution < 1.29 is 9.53 Å². The van der Waals surface area contributed by atoms with Crippen LogP contribution in [0.4, 0.5) is 4.79 Å². The average molecular weight is 266 g/mol. The zero-order chi connectivity index (χ0) is 13.7. The fraction of sp³-hybridized carbons (Fsp3) is 0.933. The molecule has 0 aromatic rings. The lowest BCUT2D eigenvalue weighted by atomic mass is 9.75. The molecule has 0 bridgehead atoms. The molecule has 0 aromatic heterocycles. The minimum absolute atomic E-state index is 0.133. The van der Waals surface area contributed by atoms with Crippen LogP contribution in [-0.2, 0) is 4.74 Å². The van der Waals surface area contributed by atoms with Crippen LogP contribution in [-0.4, -0.2) is 42.8 Å². The molecule has 0 radical (unpaired) electrons. The Kier molecular flexibility index (Phi) is 3.04. The van der Waals surface area contributed by atoms with Crippen molar-refractivity contribution in [2.45, 2.75) is 45.6 Å². The van der Waals surface area contributed by atoms with Crippen LogP contribution in [0.3, 0.4) is 0 Å².